The molecule has 0 aromatic heterocycles. The smallest absolute Gasteiger partial charge is 0.255 e. The van der Waals surface area contributed by atoms with E-state index in [-0.39, 0.29) is 21.4 Å². The Morgan fingerprint density at radius 2 is 1.66 bits per heavy atom. The molecule has 0 bridgehead atoms. The summed E-state index contributed by atoms with van der Waals surface area (Å²) in [5, 5.41) is 0.241. The van der Waals surface area contributed by atoms with Gasteiger partial charge in [0.2, 0.25) is 10.0 Å². The van der Waals surface area contributed by atoms with Crippen LogP contribution >= 0.6 is 11.6 Å². The first-order chi connectivity index (χ1) is 13.7. The van der Waals surface area contributed by atoms with E-state index in [4.69, 9.17) is 11.6 Å². The van der Waals surface area contributed by atoms with Gasteiger partial charge >= 0.3 is 0 Å². The van der Waals surface area contributed by atoms with E-state index in [0.29, 0.717) is 19.6 Å². The van der Waals surface area contributed by atoms with E-state index in [1.165, 1.54) is 27.4 Å². The van der Waals surface area contributed by atoms with Gasteiger partial charge in [-0.05, 0) is 48.7 Å². The standard InChI is InChI=1S/C21H26ClN3O3S/c1-23(2)17-8-6-16(7-9-17)15-24(3)21(26)19-14-18(10-11-20(19)22)29(27,28)25-12-4-5-13-25/h6-11,14H,4-5,12-13,15H2,1-3H3. The number of hydrogen-bond donors (Lipinski definition) is 0. The molecule has 0 radical (unpaired) electrons. The fourth-order valence-electron chi connectivity index (χ4n) is 3.36. The summed E-state index contributed by atoms with van der Waals surface area (Å²) in [4.78, 5) is 16.6. The van der Waals surface area contributed by atoms with Crippen molar-refractivity contribution in [1.29, 1.82) is 0 Å². The summed E-state index contributed by atoms with van der Waals surface area (Å²) < 4.78 is 27.1. The molecule has 3 rings (SSSR count). The lowest BCUT2D eigenvalue weighted by Crippen LogP contribution is -2.29. The van der Waals surface area contributed by atoms with E-state index in [2.05, 4.69) is 0 Å². The first-order valence-electron chi connectivity index (χ1n) is 9.51. The quantitative estimate of drug-likeness (QED) is 0.697. The number of halogens is 1. The van der Waals surface area contributed by atoms with Crippen molar-refractivity contribution in [2.24, 2.45) is 0 Å². The SMILES string of the molecule is CN(Cc1ccc(N(C)C)cc1)C(=O)c1cc(S(=O)(=O)N2CCCC2)ccc1Cl. The van der Waals surface area contributed by atoms with Gasteiger partial charge in [0.1, 0.15) is 0 Å². The van der Waals surface area contributed by atoms with Crippen molar-refractivity contribution in [2.75, 3.05) is 39.1 Å². The molecule has 2 aromatic rings. The highest BCUT2D eigenvalue weighted by molar-refractivity contribution is 7.89. The molecule has 1 heterocycles. The van der Waals surface area contributed by atoms with Crippen LogP contribution in [0.2, 0.25) is 5.02 Å². The average Bonchev–Trinajstić information content (AvgIpc) is 3.23. The largest absolute Gasteiger partial charge is 0.378 e. The Morgan fingerprint density at radius 3 is 2.24 bits per heavy atom. The molecular formula is C21H26ClN3O3S. The summed E-state index contributed by atoms with van der Waals surface area (Å²) in [6.07, 6.45) is 1.71. The van der Waals surface area contributed by atoms with Crippen LogP contribution in [0.1, 0.15) is 28.8 Å². The van der Waals surface area contributed by atoms with E-state index < -0.39 is 10.0 Å². The summed E-state index contributed by atoms with van der Waals surface area (Å²) in [6, 6.07) is 12.3. The molecule has 6 nitrogen and oxygen atoms in total. The molecule has 0 N–H and O–H groups in total. The molecule has 1 aliphatic heterocycles. The lowest BCUT2D eigenvalue weighted by Gasteiger charge is -2.20. The number of carbonyl (C=O) groups is 1. The zero-order valence-corrected chi connectivity index (χ0v) is 18.5. The lowest BCUT2D eigenvalue weighted by molar-refractivity contribution is 0.0785. The monoisotopic (exact) mass is 435 g/mol. The second-order valence-corrected chi connectivity index (χ2v) is 9.82. The van der Waals surface area contributed by atoms with Crippen molar-refractivity contribution in [2.45, 2.75) is 24.3 Å². The maximum Gasteiger partial charge on any atom is 0.255 e. The highest BCUT2D eigenvalue weighted by atomic mass is 35.5. The highest BCUT2D eigenvalue weighted by Crippen LogP contribution is 2.26. The Balaban J connectivity index is 1.80. The lowest BCUT2D eigenvalue weighted by atomic mass is 10.1. The van der Waals surface area contributed by atoms with Crippen molar-refractivity contribution >= 4 is 33.2 Å². The van der Waals surface area contributed by atoms with Gasteiger partial charge in [0.25, 0.3) is 5.91 Å². The minimum absolute atomic E-state index is 0.107. The van der Waals surface area contributed by atoms with Gasteiger partial charge in [-0.1, -0.05) is 23.7 Å². The van der Waals surface area contributed by atoms with Gasteiger partial charge in [-0.2, -0.15) is 4.31 Å². The van der Waals surface area contributed by atoms with E-state index >= 15 is 0 Å². The van der Waals surface area contributed by atoms with Gasteiger partial charge in [-0.3, -0.25) is 4.79 Å². The van der Waals surface area contributed by atoms with Crippen LogP contribution < -0.4 is 4.90 Å². The number of rotatable bonds is 6. The van der Waals surface area contributed by atoms with Crippen LogP contribution in [0.5, 0.6) is 0 Å². The Hall–Kier alpha value is -2.09. The van der Waals surface area contributed by atoms with Crippen LogP contribution in [0, 0.1) is 0 Å². The summed E-state index contributed by atoms with van der Waals surface area (Å²) in [7, 11) is 2.01. The molecule has 0 unspecified atom stereocenters. The Morgan fingerprint density at radius 1 is 1.03 bits per heavy atom. The zero-order chi connectivity index (χ0) is 21.2. The van der Waals surface area contributed by atoms with Gasteiger partial charge in [-0.25, -0.2) is 8.42 Å². The highest BCUT2D eigenvalue weighted by Gasteiger charge is 2.28. The third-order valence-electron chi connectivity index (χ3n) is 5.09. The second-order valence-electron chi connectivity index (χ2n) is 7.47. The molecule has 1 fully saturated rings. The molecule has 0 atom stereocenters. The van der Waals surface area contributed by atoms with Crippen molar-refractivity contribution in [3.05, 3.63) is 58.6 Å². The molecule has 2 aromatic carbocycles. The number of carbonyl (C=O) groups excluding carboxylic acids is 1. The van der Waals surface area contributed by atoms with Crippen LogP contribution in [0.4, 0.5) is 5.69 Å². The molecular weight excluding hydrogens is 410 g/mol. The van der Waals surface area contributed by atoms with Gasteiger partial charge in [-0.15, -0.1) is 0 Å². The minimum Gasteiger partial charge on any atom is -0.378 e. The Bertz CT molecular complexity index is 985. The minimum atomic E-state index is -3.61. The summed E-state index contributed by atoms with van der Waals surface area (Å²) in [5.41, 5.74) is 2.24. The maximum atomic E-state index is 13.0. The topological polar surface area (TPSA) is 60.9 Å². The zero-order valence-electron chi connectivity index (χ0n) is 16.9. The first-order valence-corrected chi connectivity index (χ1v) is 11.3. The van der Waals surface area contributed by atoms with E-state index in [9.17, 15) is 13.2 Å². The predicted octanol–water partition coefficient (Wildman–Crippen LogP) is 3.46. The van der Waals surface area contributed by atoms with Crippen molar-refractivity contribution in [3.63, 3.8) is 0 Å². The van der Waals surface area contributed by atoms with Crippen LogP contribution in [0.3, 0.4) is 0 Å². The number of amides is 1. The summed E-state index contributed by atoms with van der Waals surface area (Å²) in [5.74, 6) is -0.315. The summed E-state index contributed by atoms with van der Waals surface area (Å²) in [6.45, 7) is 1.42. The second kappa shape index (κ2) is 8.73. The number of sulfonamides is 1. The molecule has 0 saturated carbocycles. The molecule has 0 aliphatic carbocycles. The fourth-order valence-corrected chi connectivity index (χ4v) is 5.10. The third-order valence-corrected chi connectivity index (χ3v) is 7.31. The van der Waals surface area contributed by atoms with Crippen LogP contribution in [0.25, 0.3) is 0 Å². The molecule has 1 amide bonds. The number of benzene rings is 2. The number of nitrogens with zero attached hydrogens (tertiary/aromatic N) is 3. The predicted molar refractivity (Wildman–Crippen MR) is 116 cm³/mol. The Kier molecular flexibility index (Phi) is 6.51. The van der Waals surface area contributed by atoms with Crippen LogP contribution in [-0.4, -0.2) is 57.8 Å². The van der Waals surface area contributed by atoms with Gasteiger partial charge in [0.05, 0.1) is 15.5 Å². The molecule has 0 spiro atoms. The molecule has 1 saturated heterocycles. The van der Waals surface area contributed by atoms with Gasteiger partial charge in [0, 0.05) is 46.5 Å². The number of hydrogen-bond acceptors (Lipinski definition) is 4. The van der Waals surface area contributed by atoms with Crippen molar-refractivity contribution in [1.82, 2.24) is 9.21 Å². The van der Waals surface area contributed by atoms with Gasteiger partial charge < -0.3 is 9.80 Å². The van der Waals surface area contributed by atoms with Crippen LogP contribution in [0.15, 0.2) is 47.4 Å². The normalized spacial score (nSPS) is 14.8. The molecule has 29 heavy (non-hydrogen) atoms. The third kappa shape index (κ3) is 4.74. The Labute approximate surface area is 177 Å². The van der Waals surface area contributed by atoms with Gasteiger partial charge in [0.15, 0.2) is 0 Å². The maximum absolute atomic E-state index is 13.0. The first kappa shape index (κ1) is 21.6. The molecule has 8 heteroatoms. The van der Waals surface area contributed by atoms with Crippen molar-refractivity contribution < 1.29 is 13.2 Å². The van der Waals surface area contributed by atoms with E-state index in [0.717, 1.165) is 24.1 Å². The fraction of sp³-hybridized carbons (Fsp3) is 0.381. The molecule has 1 aliphatic rings. The molecule has 156 valence electrons. The van der Waals surface area contributed by atoms with E-state index in [1.807, 2.05) is 43.3 Å². The average molecular weight is 436 g/mol. The van der Waals surface area contributed by atoms with Crippen molar-refractivity contribution in [3.8, 4) is 0 Å². The van der Waals surface area contributed by atoms with Crippen LogP contribution in [-0.2, 0) is 16.6 Å². The number of anilines is 1. The summed E-state index contributed by atoms with van der Waals surface area (Å²) >= 11 is 6.24. The van der Waals surface area contributed by atoms with E-state index in [1.54, 1.807) is 7.05 Å².